The fraction of sp³-hybridized carbons (Fsp3) is 1.00. The van der Waals surface area contributed by atoms with Crippen LogP contribution in [0.4, 0.5) is 0 Å². The van der Waals surface area contributed by atoms with E-state index in [9.17, 15) is 0 Å². The Hall–Kier alpha value is -0.0800. The Morgan fingerprint density at radius 1 is 1.33 bits per heavy atom. The van der Waals surface area contributed by atoms with Crippen LogP contribution < -0.4 is 0 Å². The van der Waals surface area contributed by atoms with Crippen molar-refractivity contribution in [3.8, 4) is 0 Å². The van der Waals surface area contributed by atoms with Crippen LogP contribution in [0, 0.1) is 5.92 Å². The summed E-state index contributed by atoms with van der Waals surface area (Å²) in [5, 5.41) is 8.87. The molecule has 1 N–H and O–H groups in total. The molecule has 1 rings (SSSR count). The zero-order valence-electron chi connectivity index (χ0n) is 6.42. The Bertz CT molecular complexity index is 55.9. The summed E-state index contributed by atoms with van der Waals surface area (Å²) in [7, 11) is 0. The first kappa shape index (κ1) is 8.92. The molecule has 0 amide bonds. The second-order valence-corrected chi connectivity index (χ2v) is 2.08. The summed E-state index contributed by atoms with van der Waals surface area (Å²) in [4.78, 5) is 0. The summed E-state index contributed by atoms with van der Waals surface area (Å²) in [6.07, 6.45) is -0.208. The third-order valence-electron chi connectivity index (χ3n) is 1.33. The van der Waals surface area contributed by atoms with Gasteiger partial charge in [-0.1, -0.05) is 20.8 Å². The molecule has 1 fully saturated rings. The number of aliphatic hydroxyl groups excluding tert-OH is 1. The third kappa shape index (κ3) is 2.82. The van der Waals surface area contributed by atoms with Crippen molar-refractivity contribution in [2.45, 2.75) is 26.9 Å². The van der Waals surface area contributed by atoms with Crippen molar-refractivity contribution in [2.24, 2.45) is 5.92 Å². The van der Waals surface area contributed by atoms with Crippen molar-refractivity contribution in [3.05, 3.63) is 0 Å². The zero-order chi connectivity index (χ0) is 7.28. The third-order valence-corrected chi connectivity index (χ3v) is 1.33. The summed E-state index contributed by atoms with van der Waals surface area (Å²) in [5.41, 5.74) is 0. The molecular weight excluding hydrogens is 116 g/mol. The Balaban J connectivity index is 0.000000291. The minimum Gasteiger partial charge on any atom is -0.390 e. The van der Waals surface area contributed by atoms with Crippen LogP contribution in [0.3, 0.4) is 0 Å². The van der Waals surface area contributed by atoms with Gasteiger partial charge in [-0.15, -0.1) is 0 Å². The van der Waals surface area contributed by atoms with Gasteiger partial charge in [0.05, 0.1) is 19.3 Å². The number of hydrogen-bond donors (Lipinski definition) is 1. The lowest BCUT2D eigenvalue weighted by atomic mass is 10.1. The molecule has 1 aliphatic rings. The van der Waals surface area contributed by atoms with E-state index >= 15 is 0 Å². The van der Waals surface area contributed by atoms with E-state index in [1.807, 2.05) is 20.8 Å². The highest BCUT2D eigenvalue weighted by Gasteiger charge is 2.20. The molecule has 2 heteroatoms. The maximum Gasteiger partial charge on any atom is 0.0821 e. The van der Waals surface area contributed by atoms with Crippen LogP contribution in [0.15, 0.2) is 0 Å². The van der Waals surface area contributed by atoms with Gasteiger partial charge in [0.1, 0.15) is 0 Å². The average Bonchev–Trinajstić information content (AvgIpc) is 2.23. The van der Waals surface area contributed by atoms with Crippen molar-refractivity contribution >= 4 is 0 Å². The lowest BCUT2D eigenvalue weighted by Gasteiger charge is -2.00. The normalized spacial score (nSPS) is 33.3. The monoisotopic (exact) mass is 132 g/mol. The first-order chi connectivity index (χ1) is 4.30. The van der Waals surface area contributed by atoms with E-state index in [4.69, 9.17) is 9.84 Å². The molecule has 0 aromatic carbocycles. The van der Waals surface area contributed by atoms with Crippen LogP contribution in [0.25, 0.3) is 0 Å². The molecule has 0 aromatic rings. The Kier molecular flexibility index (Phi) is 4.72. The molecule has 56 valence electrons. The van der Waals surface area contributed by atoms with Gasteiger partial charge < -0.3 is 9.84 Å². The summed E-state index contributed by atoms with van der Waals surface area (Å²) >= 11 is 0. The molecule has 0 aliphatic carbocycles. The van der Waals surface area contributed by atoms with Gasteiger partial charge in [0.25, 0.3) is 0 Å². The number of ether oxygens (including phenoxy) is 1. The molecule has 2 nitrogen and oxygen atoms in total. The van der Waals surface area contributed by atoms with Crippen molar-refractivity contribution in [2.75, 3.05) is 13.2 Å². The van der Waals surface area contributed by atoms with Crippen LogP contribution in [0.2, 0.25) is 0 Å². The lowest BCUT2D eigenvalue weighted by molar-refractivity contribution is 0.120. The van der Waals surface area contributed by atoms with Crippen molar-refractivity contribution in [3.63, 3.8) is 0 Å². The van der Waals surface area contributed by atoms with Gasteiger partial charge in [0, 0.05) is 5.92 Å². The molecule has 9 heavy (non-hydrogen) atoms. The van der Waals surface area contributed by atoms with Crippen LogP contribution >= 0.6 is 0 Å². The van der Waals surface area contributed by atoms with Gasteiger partial charge in [0.15, 0.2) is 0 Å². The molecule has 0 bridgehead atoms. The van der Waals surface area contributed by atoms with Crippen LogP contribution in [-0.4, -0.2) is 24.4 Å². The maximum atomic E-state index is 8.87. The summed E-state index contributed by atoms with van der Waals surface area (Å²) in [5.74, 6) is 0.347. The molecule has 2 unspecified atom stereocenters. The standard InChI is InChI=1S/C5H10O2.C2H6/c1-4-2-7-3-5(4)6;1-2/h4-6H,2-3H2,1H3;1-2H3. The van der Waals surface area contributed by atoms with Crippen molar-refractivity contribution in [1.82, 2.24) is 0 Å². The molecule has 1 saturated heterocycles. The SMILES string of the molecule is CC.CC1COCC1O. The van der Waals surface area contributed by atoms with Gasteiger partial charge in [-0.05, 0) is 0 Å². The van der Waals surface area contributed by atoms with Gasteiger partial charge in [-0.3, -0.25) is 0 Å². The maximum absolute atomic E-state index is 8.87. The average molecular weight is 132 g/mol. The Morgan fingerprint density at radius 2 is 1.89 bits per heavy atom. The molecule has 0 radical (unpaired) electrons. The summed E-state index contributed by atoms with van der Waals surface area (Å²) < 4.78 is 4.92. The number of aliphatic hydroxyl groups is 1. The molecule has 1 aliphatic heterocycles. The molecule has 2 atom stereocenters. The fourth-order valence-corrected chi connectivity index (χ4v) is 0.650. The van der Waals surface area contributed by atoms with Crippen molar-refractivity contribution in [1.29, 1.82) is 0 Å². The predicted octanol–water partition coefficient (Wildman–Crippen LogP) is 1.04. The lowest BCUT2D eigenvalue weighted by Crippen LogP contribution is -2.13. The highest BCUT2D eigenvalue weighted by atomic mass is 16.5. The second-order valence-electron chi connectivity index (χ2n) is 2.08. The highest BCUT2D eigenvalue weighted by Crippen LogP contribution is 2.10. The van der Waals surface area contributed by atoms with E-state index in [1.165, 1.54) is 0 Å². The van der Waals surface area contributed by atoms with Crippen molar-refractivity contribution < 1.29 is 9.84 Å². The summed E-state index contributed by atoms with van der Waals surface area (Å²) in [6, 6.07) is 0. The zero-order valence-corrected chi connectivity index (χ0v) is 6.42. The van der Waals surface area contributed by atoms with E-state index in [-0.39, 0.29) is 6.10 Å². The minimum atomic E-state index is -0.208. The Morgan fingerprint density at radius 3 is 2.00 bits per heavy atom. The molecule has 0 spiro atoms. The number of hydrogen-bond acceptors (Lipinski definition) is 2. The largest absolute Gasteiger partial charge is 0.390 e. The van der Waals surface area contributed by atoms with Gasteiger partial charge in [0.2, 0.25) is 0 Å². The van der Waals surface area contributed by atoms with E-state index in [0.29, 0.717) is 12.5 Å². The second kappa shape index (κ2) is 4.77. The van der Waals surface area contributed by atoms with E-state index in [1.54, 1.807) is 0 Å². The van der Waals surface area contributed by atoms with Gasteiger partial charge in [-0.2, -0.15) is 0 Å². The first-order valence-electron chi connectivity index (χ1n) is 3.56. The Labute approximate surface area is 56.8 Å². The molecule has 1 heterocycles. The highest BCUT2D eigenvalue weighted by molar-refractivity contribution is 4.68. The van der Waals surface area contributed by atoms with Crippen LogP contribution in [0.5, 0.6) is 0 Å². The summed E-state index contributed by atoms with van der Waals surface area (Å²) in [6.45, 7) is 7.24. The quantitative estimate of drug-likeness (QED) is 0.533. The van der Waals surface area contributed by atoms with E-state index < -0.39 is 0 Å². The first-order valence-corrected chi connectivity index (χ1v) is 3.56. The molecule has 0 saturated carbocycles. The predicted molar refractivity (Wildman–Crippen MR) is 37.3 cm³/mol. The minimum absolute atomic E-state index is 0.208. The van der Waals surface area contributed by atoms with Crippen LogP contribution in [0.1, 0.15) is 20.8 Å². The van der Waals surface area contributed by atoms with Gasteiger partial charge in [-0.25, -0.2) is 0 Å². The molecule has 0 aromatic heterocycles. The van der Waals surface area contributed by atoms with Gasteiger partial charge >= 0.3 is 0 Å². The fourth-order valence-electron chi connectivity index (χ4n) is 0.650. The van der Waals surface area contributed by atoms with E-state index in [0.717, 1.165) is 6.61 Å². The smallest absolute Gasteiger partial charge is 0.0821 e. The molecular formula is C7H16O2. The number of rotatable bonds is 0. The van der Waals surface area contributed by atoms with E-state index in [2.05, 4.69) is 0 Å². The topological polar surface area (TPSA) is 29.5 Å². The van der Waals surface area contributed by atoms with Crippen LogP contribution in [-0.2, 0) is 4.74 Å².